The molecular formula is C16H25NO4. The molecule has 1 aliphatic carbocycles. The zero-order chi connectivity index (χ0) is 16.0. The second-order valence-corrected chi connectivity index (χ2v) is 6.26. The Labute approximate surface area is 126 Å². The first kappa shape index (κ1) is 17.3. The fourth-order valence-electron chi connectivity index (χ4n) is 2.15. The van der Waals surface area contributed by atoms with Crippen LogP contribution in [0.4, 0.5) is 4.79 Å². The lowest BCUT2D eigenvalue weighted by Gasteiger charge is -2.31. The lowest BCUT2D eigenvalue weighted by Crippen LogP contribution is -2.47. The molecular weight excluding hydrogens is 270 g/mol. The number of amides is 1. The summed E-state index contributed by atoms with van der Waals surface area (Å²) in [5, 5.41) is 2.81. The van der Waals surface area contributed by atoms with Crippen molar-refractivity contribution in [3.05, 3.63) is 24.3 Å². The van der Waals surface area contributed by atoms with Gasteiger partial charge < -0.3 is 14.8 Å². The molecule has 1 N–H and O–H groups in total. The van der Waals surface area contributed by atoms with E-state index in [-0.39, 0.29) is 30.5 Å². The summed E-state index contributed by atoms with van der Waals surface area (Å²) < 4.78 is 10.3. The lowest BCUT2D eigenvalue weighted by atomic mass is 9.84. The minimum atomic E-state index is -0.565. The highest BCUT2D eigenvalue weighted by Gasteiger charge is 2.28. The van der Waals surface area contributed by atoms with Gasteiger partial charge in [0, 0.05) is 12.8 Å². The molecule has 1 aliphatic rings. The van der Waals surface area contributed by atoms with Crippen molar-refractivity contribution in [2.45, 2.75) is 46.3 Å². The number of carbonyl (C=O) groups excluding carboxylic acids is 2. The summed E-state index contributed by atoms with van der Waals surface area (Å²) in [6.07, 6.45) is 7.47. The van der Waals surface area contributed by atoms with Crippen LogP contribution in [0.5, 0.6) is 0 Å². The third kappa shape index (κ3) is 6.47. The van der Waals surface area contributed by atoms with Crippen molar-refractivity contribution < 1.29 is 19.1 Å². The van der Waals surface area contributed by atoms with E-state index < -0.39 is 11.7 Å². The first-order valence-corrected chi connectivity index (χ1v) is 7.17. The van der Waals surface area contributed by atoms with Crippen LogP contribution in [0.3, 0.4) is 0 Å². The van der Waals surface area contributed by atoms with Crippen LogP contribution >= 0.6 is 0 Å². The number of allylic oxidation sites excluding steroid dienone is 3. The number of ether oxygens (including phenoxy) is 2. The number of nitrogens with one attached hydrogen (secondary N) is 1. The first-order valence-electron chi connectivity index (χ1n) is 7.17. The maximum Gasteiger partial charge on any atom is 0.408 e. The molecule has 0 radical (unpaired) electrons. The van der Waals surface area contributed by atoms with Gasteiger partial charge in [-0.05, 0) is 26.7 Å². The van der Waals surface area contributed by atoms with E-state index in [1.165, 1.54) is 6.92 Å². The van der Waals surface area contributed by atoms with Crippen LogP contribution in [-0.4, -0.2) is 30.3 Å². The van der Waals surface area contributed by atoms with Crippen LogP contribution in [0.1, 0.15) is 34.6 Å². The maximum atomic E-state index is 11.9. The normalized spacial score (nSPS) is 22.5. The van der Waals surface area contributed by atoms with Gasteiger partial charge in [0.25, 0.3) is 0 Å². The topological polar surface area (TPSA) is 64.6 Å². The quantitative estimate of drug-likeness (QED) is 0.810. The van der Waals surface area contributed by atoms with E-state index in [0.717, 1.165) is 0 Å². The SMILES string of the molecule is CC(=O)OC[C@@H](NC(=O)OC(C)(C)C)C1C=CC=CC1C. The molecule has 0 aromatic carbocycles. The van der Waals surface area contributed by atoms with Crippen molar-refractivity contribution in [1.82, 2.24) is 5.32 Å². The van der Waals surface area contributed by atoms with Gasteiger partial charge >= 0.3 is 12.1 Å². The summed E-state index contributed by atoms with van der Waals surface area (Å²) in [5.41, 5.74) is -0.565. The third-order valence-electron chi connectivity index (χ3n) is 3.10. The van der Waals surface area contributed by atoms with Crippen LogP contribution < -0.4 is 5.32 Å². The van der Waals surface area contributed by atoms with Crippen molar-refractivity contribution in [3.8, 4) is 0 Å². The molecule has 0 aromatic rings. The average molecular weight is 295 g/mol. The molecule has 0 bridgehead atoms. The fraction of sp³-hybridized carbons (Fsp3) is 0.625. The molecule has 0 saturated carbocycles. The Morgan fingerprint density at radius 3 is 2.38 bits per heavy atom. The second kappa shape index (κ2) is 7.29. The van der Waals surface area contributed by atoms with E-state index >= 15 is 0 Å². The molecule has 0 aliphatic heterocycles. The van der Waals surface area contributed by atoms with Crippen LogP contribution in [0.2, 0.25) is 0 Å². The molecule has 0 saturated heterocycles. The van der Waals surface area contributed by atoms with Crippen molar-refractivity contribution in [1.29, 1.82) is 0 Å². The number of hydrogen-bond donors (Lipinski definition) is 1. The van der Waals surface area contributed by atoms with Gasteiger partial charge in [0.2, 0.25) is 0 Å². The highest BCUT2D eigenvalue weighted by Crippen LogP contribution is 2.23. The molecule has 21 heavy (non-hydrogen) atoms. The number of rotatable bonds is 4. The molecule has 0 heterocycles. The molecule has 5 nitrogen and oxygen atoms in total. The van der Waals surface area contributed by atoms with Crippen molar-refractivity contribution in [2.24, 2.45) is 11.8 Å². The van der Waals surface area contributed by atoms with E-state index in [0.29, 0.717) is 0 Å². The first-order chi connectivity index (χ1) is 9.69. The van der Waals surface area contributed by atoms with Gasteiger partial charge in [-0.2, -0.15) is 0 Å². The highest BCUT2D eigenvalue weighted by atomic mass is 16.6. The molecule has 2 unspecified atom stereocenters. The highest BCUT2D eigenvalue weighted by molar-refractivity contribution is 5.68. The fourth-order valence-corrected chi connectivity index (χ4v) is 2.15. The molecule has 3 atom stereocenters. The van der Waals surface area contributed by atoms with E-state index in [2.05, 4.69) is 18.3 Å². The van der Waals surface area contributed by atoms with Gasteiger partial charge in [-0.25, -0.2) is 4.79 Å². The molecule has 1 amide bonds. The molecule has 0 aromatic heterocycles. The van der Waals surface area contributed by atoms with Gasteiger partial charge in [0.15, 0.2) is 0 Å². The molecule has 118 valence electrons. The number of carbonyl (C=O) groups is 2. The zero-order valence-electron chi connectivity index (χ0n) is 13.4. The van der Waals surface area contributed by atoms with Crippen molar-refractivity contribution in [3.63, 3.8) is 0 Å². The van der Waals surface area contributed by atoms with Crippen LogP contribution in [0.25, 0.3) is 0 Å². The third-order valence-corrected chi connectivity index (χ3v) is 3.10. The van der Waals surface area contributed by atoms with E-state index in [1.807, 2.05) is 18.2 Å². The van der Waals surface area contributed by atoms with Crippen molar-refractivity contribution in [2.75, 3.05) is 6.61 Å². The van der Waals surface area contributed by atoms with Crippen LogP contribution in [0.15, 0.2) is 24.3 Å². The minimum absolute atomic E-state index is 0.0573. The predicted octanol–water partition coefficient (Wildman–Crippen LogP) is 2.82. The zero-order valence-corrected chi connectivity index (χ0v) is 13.4. The standard InChI is InChI=1S/C16H25NO4/c1-11-8-6-7-9-13(11)14(10-20-12(2)18)17-15(19)21-16(3,4)5/h6-9,11,13-14H,10H2,1-5H3,(H,17,19)/t11?,13?,14-/m1/s1. The van der Waals surface area contributed by atoms with Crippen molar-refractivity contribution >= 4 is 12.1 Å². The average Bonchev–Trinajstić information content (AvgIpc) is 2.33. The molecule has 5 heteroatoms. The smallest absolute Gasteiger partial charge is 0.408 e. The van der Waals surface area contributed by atoms with Crippen LogP contribution in [0, 0.1) is 11.8 Å². The number of hydrogen-bond acceptors (Lipinski definition) is 4. The van der Waals surface area contributed by atoms with Gasteiger partial charge in [0.05, 0.1) is 6.04 Å². The van der Waals surface area contributed by atoms with Crippen LogP contribution in [-0.2, 0) is 14.3 Å². The van der Waals surface area contributed by atoms with Gasteiger partial charge in [0.1, 0.15) is 12.2 Å². The molecule has 0 spiro atoms. The van der Waals surface area contributed by atoms with E-state index in [4.69, 9.17) is 9.47 Å². The largest absolute Gasteiger partial charge is 0.464 e. The van der Waals surface area contributed by atoms with Gasteiger partial charge in [-0.15, -0.1) is 0 Å². The Morgan fingerprint density at radius 1 is 1.24 bits per heavy atom. The molecule has 1 rings (SSSR count). The Morgan fingerprint density at radius 2 is 1.86 bits per heavy atom. The lowest BCUT2D eigenvalue weighted by molar-refractivity contribution is -0.142. The van der Waals surface area contributed by atoms with E-state index in [1.54, 1.807) is 20.8 Å². The number of esters is 1. The second-order valence-electron chi connectivity index (χ2n) is 6.26. The summed E-state index contributed by atoms with van der Waals surface area (Å²) in [4.78, 5) is 23.0. The summed E-state index contributed by atoms with van der Waals surface area (Å²) in [6.45, 7) is 8.95. The summed E-state index contributed by atoms with van der Waals surface area (Å²) in [5.74, 6) is -0.0682. The summed E-state index contributed by atoms with van der Waals surface area (Å²) in [6, 6.07) is -0.319. The monoisotopic (exact) mass is 295 g/mol. The van der Waals surface area contributed by atoms with Gasteiger partial charge in [-0.1, -0.05) is 31.2 Å². The Kier molecular flexibility index (Phi) is 6.00. The predicted molar refractivity (Wildman–Crippen MR) is 80.7 cm³/mol. The maximum absolute atomic E-state index is 11.9. The minimum Gasteiger partial charge on any atom is -0.464 e. The van der Waals surface area contributed by atoms with Gasteiger partial charge in [-0.3, -0.25) is 4.79 Å². The Bertz CT molecular complexity index is 434. The summed E-state index contributed by atoms with van der Waals surface area (Å²) >= 11 is 0. The Balaban J connectivity index is 2.72. The Hall–Kier alpha value is -1.78. The summed E-state index contributed by atoms with van der Waals surface area (Å²) in [7, 11) is 0. The van der Waals surface area contributed by atoms with E-state index in [9.17, 15) is 9.59 Å². The molecule has 0 fully saturated rings. The number of alkyl carbamates (subject to hydrolysis) is 1.